The monoisotopic (exact) mass is 1510 g/mol. The van der Waals surface area contributed by atoms with Gasteiger partial charge in [0.1, 0.15) is 44.1 Å². The molecule has 6 aromatic heterocycles. The van der Waals surface area contributed by atoms with Gasteiger partial charge in [-0.25, -0.2) is 45.7 Å². The zero-order valence-corrected chi connectivity index (χ0v) is 50.4. The van der Waals surface area contributed by atoms with E-state index in [2.05, 4.69) is 38.7 Å². The molecule has 2 aliphatic carbocycles. The smallest absolute Gasteiger partial charge is 0.397 e. The van der Waals surface area contributed by atoms with Gasteiger partial charge in [0.05, 0.1) is 22.5 Å². The minimum Gasteiger partial charge on any atom is -0.478 e. The van der Waals surface area contributed by atoms with Crippen molar-refractivity contribution in [3.63, 3.8) is 0 Å². The molecule has 21 nitrogen and oxygen atoms in total. The van der Waals surface area contributed by atoms with Crippen molar-refractivity contribution in [3.05, 3.63) is 94.0 Å². The first-order chi connectivity index (χ1) is 35.4. The standard InChI is InChI=1S/C20H20ClF3N6O4S.C15H13ClF3N3O3.C5H7ClN2O2S.CH3I.BH.H3N.U/c1-12-14(10-29(2)26-12)35(32,33)28-18(31)13-4-5-15(25-17(13)21)30-9-6-16(27-30)34-11-19(7-3-8-19)20(22,23)24;16-12-9(13(23)24)2-3-10(20-12)22-7-4-11(21-22)25-8-14(5-1-6-14)15(17,18)19;1-4-5(11(6,9)10)3-8(2)7-4;1-2;;;/h4-6,9-10H,3,7-8,11H2,1-2H3,(H,28,31);2-4,7H,1,5-6,8H2,(H,23,24);3H,1-2H3;1H3;1H;1H3;/i;;;2*1D;;. The molecule has 1 amide bonds. The second-order valence-corrected chi connectivity index (χ2v) is 21.1. The Hall–Kier alpha value is -4.16. The number of amides is 1. The van der Waals surface area contributed by atoms with Gasteiger partial charge in [-0.2, -0.15) is 36.5 Å². The fourth-order valence-electron chi connectivity index (χ4n) is 7.00. The predicted molar refractivity (Wildman–Crippen MR) is 271 cm³/mol. The number of carboxylic acid groups (broad SMARTS) is 1. The molecule has 0 spiro atoms. The number of pyridine rings is 2. The van der Waals surface area contributed by atoms with Gasteiger partial charge in [0.25, 0.3) is 25.0 Å². The topological polar surface area (TPSA) is 285 Å². The molecule has 6 heterocycles. The van der Waals surface area contributed by atoms with E-state index in [1.807, 2.05) is 27.3 Å². The van der Waals surface area contributed by atoms with Gasteiger partial charge in [-0.3, -0.25) is 14.2 Å². The molecule has 0 bridgehead atoms. The third kappa shape index (κ3) is 16.2. The summed E-state index contributed by atoms with van der Waals surface area (Å²) in [6, 6.07) is 8.03. The quantitative estimate of drug-likeness (QED) is 0.0245. The normalized spacial score (nSPS) is 14.6. The Bertz CT molecular complexity index is 3230. The van der Waals surface area contributed by atoms with Gasteiger partial charge in [0.2, 0.25) is 11.8 Å². The maximum atomic E-state index is 13.3. The number of aryl methyl sites for hydroxylation is 4. The van der Waals surface area contributed by atoms with Crippen molar-refractivity contribution >= 4 is 95.8 Å². The summed E-state index contributed by atoms with van der Waals surface area (Å²) >= 11 is 13.9. The number of alkyl halides is 7. The van der Waals surface area contributed by atoms with Crippen LogP contribution in [-0.4, -0.2) is 123 Å². The van der Waals surface area contributed by atoms with Crippen LogP contribution in [0.5, 0.6) is 11.8 Å². The molecule has 2 saturated carbocycles. The van der Waals surface area contributed by atoms with Gasteiger partial charge in [-0.1, -0.05) is 58.6 Å². The van der Waals surface area contributed by atoms with Crippen LogP contribution < -0.4 is 20.3 Å². The summed E-state index contributed by atoms with van der Waals surface area (Å²) in [4.78, 5) is 31.8. The second kappa shape index (κ2) is 27.1. The molecule has 35 heteroatoms. The first-order valence-corrected chi connectivity index (χ1v) is 26.9. The van der Waals surface area contributed by atoms with E-state index in [9.17, 15) is 52.8 Å². The van der Waals surface area contributed by atoms with Gasteiger partial charge in [0, 0.05) is 103 Å². The van der Waals surface area contributed by atoms with E-state index in [-0.39, 0.29) is 123 Å². The number of hydrogen-bond donors (Lipinski definition) is 3. The van der Waals surface area contributed by atoms with E-state index in [1.54, 1.807) is 21.0 Å². The van der Waals surface area contributed by atoms with E-state index < -0.39 is 67.3 Å². The Morgan fingerprint density at radius 2 is 1.14 bits per heavy atom. The summed E-state index contributed by atoms with van der Waals surface area (Å²) in [5.74, 6) is -1.86. The number of carbonyl (C=O) groups is 2. The number of ether oxygens (including phenoxy) is 2. The van der Waals surface area contributed by atoms with Crippen molar-refractivity contribution in [1.29, 1.82) is 1.34 Å². The largest absolute Gasteiger partial charge is 0.478 e. The summed E-state index contributed by atoms with van der Waals surface area (Å²) in [5.41, 5.74) is -3.40. The van der Waals surface area contributed by atoms with Crippen LogP contribution in [0.4, 0.5) is 26.3 Å². The van der Waals surface area contributed by atoms with Gasteiger partial charge in [-0.05, 0) is 70.0 Å². The van der Waals surface area contributed by atoms with Crippen molar-refractivity contribution in [2.75, 3.05) is 18.1 Å². The Morgan fingerprint density at radius 1 is 0.763 bits per heavy atom. The Kier molecular flexibility index (Phi) is 23.0. The number of nitrogens with one attached hydrogen (secondary N) is 1. The molecule has 6 aromatic rings. The molecule has 76 heavy (non-hydrogen) atoms. The van der Waals surface area contributed by atoms with Gasteiger partial charge < -0.3 is 20.7 Å². The Morgan fingerprint density at radius 3 is 1.43 bits per heavy atom. The fourth-order valence-corrected chi connectivity index (χ4v) is 9.78. The SMILES string of the molecule is Cc1nn(C)cc1S(=O)(=O)Cl.Cc1nn(C)cc1S(=O)(=O)NC(=O)c1ccc(-n2ccc(OCC3(C(F)(F)F)CCC3)n2)nc1Cl.N.O=C(O)c1ccc(-n2ccc(OCC3(C(F)(F)F)CCC3)n2)nc1Cl.[2H]CI.[2H][B].[U]. The molecule has 0 aliphatic heterocycles. The van der Waals surface area contributed by atoms with E-state index >= 15 is 0 Å². The predicted octanol–water partition coefficient (Wildman–Crippen LogP) is 8.14. The molecular weight excluding hydrogens is 1460 g/mol. The first kappa shape index (κ1) is 64.4. The van der Waals surface area contributed by atoms with Crippen LogP contribution in [0.15, 0.2) is 71.0 Å². The second-order valence-electron chi connectivity index (χ2n) is 16.2. The van der Waals surface area contributed by atoms with Crippen molar-refractivity contribution < 1.29 is 99.8 Å². The molecule has 8 rings (SSSR count). The number of nitrogens with zero attached hydrogens (tertiary/aromatic N) is 10. The number of carboxylic acids is 1. The third-order valence-corrected chi connectivity index (χ3v) is 14.7. The number of carbonyl (C=O) groups excluding carboxylic acids is 1. The van der Waals surface area contributed by atoms with Gasteiger partial charge in [-0.15, -0.1) is 10.2 Å². The molecule has 0 unspecified atom stereocenters. The zero-order chi connectivity index (χ0) is 57.2. The van der Waals surface area contributed by atoms with E-state index in [4.69, 9.17) is 51.2 Å². The van der Waals surface area contributed by atoms with Crippen molar-refractivity contribution in [3.8, 4) is 23.4 Å². The molecule has 0 atom stereocenters. The third-order valence-electron chi connectivity index (χ3n) is 11.3. The zero-order valence-electron chi connectivity index (χ0n) is 42.2. The van der Waals surface area contributed by atoms with Crippen LogP contribution >= 0.6 is 56.5 Å². The van der Waals surface area contributed by atoms with Crippen molar-refractivity contribution in [2.45, 2.75) is 74.5 Å². The van der Waals surface area contributed by atoms with Crippen LogP contribution in [0.2, 0.25) is 10.3 Å². The summed E-state index contributed by atoms with van der Waals surface area (Å²) in [7, 11) is 4.20. The van der Waals surface area contributed by atoms with Crippen molar-refractivity contribution in [1.82, 2.24) is 60.0 Å². The average molecular weight is 1510 g/mol. The summed E-state index contributed by atoms with van der Waals surface area (Å²) in [5, 5.41) is 24.2. The number of aromatic nitrogens is 10. The number of hydrogen-bond acceptors (Lipinski definition) is 15. The number of sulfonamides is 1. The molecule has 2 aliphatic rings. The molecule has 0 saturated heterocycles. The Labute approximate surface area is 488 Å². The van der Waals surface area contributed by atoms with Crippen LogP contribution in [-0.2, 0) is 33.2 Å². The molecule has 5 N–H and O–H groups in total. The van der Waals surface area contributed by atoms with Crippen LogP contribution in [0.25, 0.3) is 11.6 Å². The van der Waals surface area contributed by atoms with Crippen molar-refractivity contribution in [2.24, 2.45) is 24.9 Å². The fraction of sp³-hybridized carbons (Fsp3) is 0.415. The minimum absolute atomic E-state index is 0. The van der Waals surface area contributed by atoms with E-state index in [0.717, 1.165) is 0 Å². The first-order valence-electron chi connectivity index (χ1n) is 22.1. The average Bonchev–Trinajstić information content (AvgIpc) is 4.10. The minimum atomic E-state index is -4.36. The van der Waals surface area contributed by atoms with E-state index in [0.29, 0.717) is 23.4 Å². The summed E-state index contributed by atoms with van der Waals surface area (Å²) < 4.78 is 155. The van der Waals surface area contributed by atoms with E-state index in [1.165, 1.54) is 86.8 Å². The maximum absolute atomic E-state index is 13.3. The number of halogens is 10. The number of rotatable bonds is 13. The molecule has 414 valence electrons. The summed E-state index contributed by atoms with van der Waals surface area (Å²) in [6.07, 6.45) is -2.07. The molecule has 2 fully saturated rings. The molecule has 0 aromatic carbocycles. The van der Waals surface area contributed by atoms with Gasteiger partial charge >= 0.3 is 18.3 Å². The van der Waals surface area contributed by atoms with Crippen LogP contribution in [0, 0.1) is 55.8 Å². The number of aromatic carboxylic acids is 1. The van der Waals surface area contributed by atoms with Gasteiger partial charge in [0.15, 0.2) is 11.6 Å². The molecule has 2 radical (unpaired) electrons. The Balaban J connectivity index is 0.000000421. The summed E-state index contributed by atoms with van der Waals surface area (Å²) in [6.45, 7) is 2.06. The van der Waals surface area contributed by atoms with Crippen LogP contribution in [0.1, 0.15) is 72.0 Å². The van der Waals surface area contributed by atoms with Crippen LogP contribution in [0.3, 0.4) is 0 Å². The molecular formula is C41H47BCl3F6IN12O9S2U. The maximum Gasteiger partial charge on any atom is 0.397 e.